The van der Waals surface area contributed by atoms with Crippen LogP contribution in [0.25, 0.3) is 0 Å². The molecule has 1 aliphatic heterocycles. The summed E-state index contributed by atoms with van der Waals surface area (Å²) in [6.45, 7) is 17.1. The smallest absolute Gasteiger partial charge is 0.229 e. The number of aryl methyl sites for hydroxylation is 1. The van der Waals surface area contributed by atoms with E-state index in [1.807, 2.05) is 101 Å². The number of hydrogen-bond acceptors (Lipinski definition) is 5. The van der Waals surface area contributed by atoms with Crippen molar-refractivity contribution in [2.75, 3.05) is 36.4 Å². The van der Waals surface area contributed by atoms with E-state index in [4.69, 9.17) is 4.98 Å². The molecule has 0 aliphatic carbocycles. The van der Waals surface area contributed by atoms with Crippen LogP contribution in [0.1, 0.15) is 59.6 Å². The Morgan fingerprint density at radius 3 is 2.08 bits per heavy atom. The summed E-state index contributed by atoms with van der Waals surface area (Å²) >= 11 is 0. The predicted octanol–water partition coefficient (Wildman–Crippen LogP) is 6.75. The summed E-state index contributed by atoms with van der Waals surface area (Å²) in [5, 5.41) is 3.34. The molecule has 1 fully saturated rings. The first kappa shape index (κ1) is 30.6. The van der Waals surface area contributed by atoms with Crippen molar-refractivity contribution in [1.29, 1.82) is 0 Å². The second-order valence-corrected chi connectivity index (χ2v) is 7.40. The number of aromatic nitrogens is 2. The third kappa shape index (κ3) is 9.33. The average Bonchev–Trinajstić information content (AvgIpc) is 2.97. The van der Waals surface area contributed by atoms with E-state index >= 15 is 0 Å². The van der Waals surface area contributed by atoms with Crippen molar-refractivity contribution in [3.63, 3.8) is 0 Å². The molecule has 196 valence electrons. The predicted molar refractivity (Wildman–Crippen MR) is 154 cm³/mol. The van der Waals surface area contributed by atoms with Crippen LogP contribution in [0.4, 0.5) is 17.5 Å². The third-order valence-electron chi connectivity index (χ3n) is 5.44. The van der Waals surface area contributed by atoms with Crippen LogP contribution in [0.5, 0.6) is 0 Å². The fourth-order valence-corrected chi connectivity index (χ4v) is 3.72. The minimum Gasteiger partial charge on any atom is -0.353 e. The van der Waals surface area contributed by atoms with Gasteiger partial charge in [0.2, 0.25) is 11.9 Å². The number of nitrogens with zero attached hydrogens (tertiary/aromatic N) is 4. The maximum atomic E-state index is 12.6. The topological polar surface area (TPSA) is 61.4 Å². The molecule has 1 aromatic heterocycles. The summed E-state index contributed by atoms with van der Waals surface area (Å²) in [7, 11) is 0. The van der Waals surface area contributed by atoms with Crippen molar-refractivity contribution < 1.29 is 4.79 Å². The Morgan fingerprint density at radius 2 is 1.44 bits per heavy atom. The lowest BCUT2D eigenvalue weighted by Gasteiger charge is -2.35. The van der Waals surface area contributed by atoms with Gasteiger partial charge in [-0.05, 0) is 29.7 Å². The van der Waals surface area contributed by atoms with Crippen LogP contribution in [-0.2, 0) is 17.6 Å². The maximum absolute atomic E-state index is 12.6. The molecule has 1 saturated heterocycles. The number of nitrogens with one attached hydrogen (secondary N) is 1. The van der Waals surface area contributed by atoms with Crippen LogP contribution < -0.4 is 10.2 Å². The van der Waals surface area contributed by atoms with Gasteiger partial charge in [-0.25, -0.2) is 4.98 Å². The number of hydrogen-bond donors (Lipinski definition) is 1. The Hall–Kier alpha value is -3.41. The fraction of sp³-hybridized carbons (Fsp3) is 0.433. The molecule has 2 heterocycles. The summed E-state index contributed by atoms with van der Waals surface area (Å²) in [5.74, 6) is 1.66. The van der Waals surface area contributed by atoms with Crippen LogP contribution >= 0.6 is 0 Å². The van der Waals surface area contributed by atoms with Crippen molar-refractivity contribution in [3.05, 3.63) is 78.0 Å². The van der Waals surface area contributed by atoms with Gasteiger partial charge in [-0.15, -0.1) is 0 Å². The van der Waals surface area contributed by atoms with Gasteiger partial charge >= 0.3 is 0 Å². The van der Waals surface area contributed by atoms with E-state index in [1.54, 1.807) is 6.20 Å². The highest BCUT2D eigenvalue weighted by Gasteiger charge is 2.22. The highest BCUT2D eigenvalue weighted by Crippen LogP contribution is 2.21. The summed E-state index contributed by atoms with van der Waals surface area (Å²) in [6.07, 6.45) is 3.19. The van der Waals surface area contributed by atoms with Gasteiger partial charge in [0.05, 0.1) is 6.42 Å². The van der Waals surface area contributed by atoms with Crippen molar-refractivity contribution in [1.82, 2.24) is 14.9 Å². The molecule has 36 heavy (non-hydrogen) atoms. The van der Waals surface area contributed by atoms with Crippen LogP contribution in [0.2, 0.25) is 0 Å². The van der Waals surface area contributed by atoms with Crippen LogP contribution in [0.3, 0.4) is 0 Å². The van der Waals surface area contributed by atoms with Gasteiger partial charge in [0, 0.05) is 38.1 Å². The van der Waals surface area contributed by atoms with Gasteiger partial charge in [0.15, 0.2) is 0 Å². The lowest BCUT2D eigenvalue weighted by Crippen LogP contribution is -2.49. The molecular weight excluding hydrogens is 446 g/mol. The van der Waals surface area contributed by atoms with E-state index < -0.39 is 0 Å². The molecule has 2 aromatic carbocycles. The first-order valence-corrected chi connectivity index (χ1v) is 13.5. The van der Waals surface area contributed by atoms with Gasteiger partial charge in [0.1, 0.15) is 5.82 Å². The Bertz CT molecular complexity index is 985. The first-order chi connectivity index (χ1) is 17.7. The Morgan fingerprint density at radius 1 is 0.833 bits per heavy atom. The molecule has 1 amide bonds. The number of piperazine rings is 1. The molecule has 3 aromatic rings. The second kappa shape index (κ2) is 17.9. The Balaban J connectivity index is 0.00000101. The molecule has 0 atom stereocenters. The quantitative estimate of drug-likeness (QED) is 0.413. The van der Waals surface area contributed by atoms with E-state index in [2.05, 4.69) is 28.2 Å². The normalized spacial score (nSPS) is 12.1. The van der Waals surface area contributed by atoms with Crippen LogP contribution in [0, 0.1) is 0 Å². The zero-order valence-corrected chi connectivity index (χ0v) is 23.3. The minimum absolute atomic E-state index is 0.182. The molecule has 1 aliphatic rings. The largest absolute Gasteiger partial charge is 0.353 e. The zero-order valence-electron chi connectivity index (χ0n) is 23.3. The molecular formula is C30H45N5O. The summed E-state index contributed by atoms with van der Waals surface area (Å²) in [6, 6.07) is 20.1. The molecule has 1 N–H and O–H groups in total. The van der Waals surface area contributed by atoms with Crippen LogP contribution in [0.15, 0.2) is 66.9 Å². The number of carbonyl (C=O) groups excluding carboxylic acids is 1. The number of benzene rings is 2. The molecule has 0 unspecified atom stereocenters. The number of carbonyl (C=O) groups is 1. The second-order valence-electron chi connectivity index (χ2n) is 7.40. The van der Waals surface area contributed by atoms with E-state index in [9.17, 15) is 4.79 Å². The molecule has 0 spiro atoms. The monoisotopic (exact) mass is 491 g/mol. The van der Waals surface area contributed by atoms with Gasteiger partial charge in [0.25, 0.3) is 0 Å². The molecule has 0 radical (unpaired) electrons. The van der Waals surface area contributed by atoms with E-state index in [1.165, 1.54) is 5.56 Å². The standard InChI is InChI=1S/C24H27N5O.3C2H6/c1-2-20-10-6-7-11-21(20)26-24-25-13-12-22(27-24)28-14-16-29(17-15-28)23(30)18-19-8-4-3-5-9-19;3*1-2/h3-13H,2,14-18H2,1H3,(H,25,26,27);3*1-2H3. The lowest BCUT2D eigenvalue weighted by atomic mass is 10.1. The maximum Gasteiger partial charge on any atom is 0.229 e. The van der Waals surface area contributed by atoms with Gasteiger partial charge in [-0.2, -0.15) is 4.98 Å². The number of anilines is 3. The minimum atomic E-state index is 0.182. The Labute approximate surface area is 218 Å². The lowest BCUT2D eigenvalue weighted by molar-refractivity contribution is -0.130. The van der Waals surface area contributed by atoms with Gasteiger partial charge < -0.3 is 15.1 Å². The summed E-state index contributed by atoms with van der Waals surface area (Å²) in [5.41, 5.74) is 3.33. The number of amides is 1. The van der Waals surface area contributed by atoms with Gasteiger partial charge in [-0.3, -0.25) is 4.79 Å². The van der Waals surface area contributed by atoms with E-state index in [-0.39, 0.29) is 5.91 Å². The molecule has 0 saturated carbocycles. The van der Waals surface area contributed by atoms with E-state index in [0.29, 0.717) is 25.5 Å². The SMILES string of the molecule is CC.CC.CC.CCc1ccccc1Nc1nccc(N2CCN(C(=O)Cc3ccccc3)CC2)n1. The summed E-state index contributed by atoms with van der Waals surface area (Å²) < 4.78 is 0. The molecule has 4 rings (SSSR count). The highest BCUT2D eigenvalue weighted by molar-refractivity contribution is 5.79. The van der Waals surface area contributed by atoms with Gasteiger partial charge in [-0.1, -0.05) is 97.0 Å². The van der Waals surface area contributed by atoms with Crippen molar-refractivity contribution in [2.24, 2.45) is 0 Å². The fourth-order valence-electron chi connectivity index (χ4n) is 3.72. The van der Waals surface area contributed by atoms with Crippen molar-refractivity contribution in [3.8, 4) is 0 Å². The number of para-hydroxylation sites is 1. The molecule has 6 nitrogen and oxygen atoms in total. The zero-order chi connectivity index (χ0) is 26.8. The van der Waals surface area contributed by atoms with Crippen molar-refractivity contribution in [2.45, 2.75) is 61.3 Å². The number of rotatable bonds is 6. The highest BCUT2D eigenvalue weighted by atomic mass is 16.2. The third-order valence-corrected chi connectivity index (χ3v) is 5.44. The Kier molecular flexibility index (Phi) is 15.3. The first-order valence-electron chi connectivity index (χ1n) is 13.5. The van der Waals surface area contributed by atoms with Crippen molar-refractivity contribution >= 4 is 23.4 Å². The van der Waals surface area contributed by atoms with Crippen LogP contribution in [-0.4, -0.2) is 47.0 Å². The molecule has 0 bridgehead atoms. The van der Waals surface area contributed by atoms with E-state index in [0.717, 1.165) is 36.6 Å². The summed E-state index contributed by atoms with van der Waals surface area (Å²) in [4.78, 5) is 25.8. The molecule has 6 heteroatoms. The average molecular weight is 492 g/mol.